The first kappa shape index (κ1) is 19.9. The number of hydrogen-bond donors (Lipinski definition) is 0. The van der Waals surface area contributed by atoms with Crippen LogP contribution in [0, 0.1) is 0 Å². The molecule has 28 heavy (non-hydrogen) atoms. The number of amides is 1. The van der Waals surface area contributed by atoms with E-state index in [1.165, 1.54) is 6.08 Å². The van der Waals surface area contributed by atoms with E-state index in [-0.39, 0.29) is 5.91 Å². The number of carbonyl (C=O) groups is 2. The van der Waals surface area contributed by atoms with Gasteiger partial charge in [0.2, 0.25) is 0 Å². The highest BCUT2D eigenvalue weighted by Crippen LogP contribution is 2.22. The lowest BCUT2D eigenvalue weighted by Crippen LogP contribution is -2.40. The van der Waals surface area contributed by atoms with Gasteiger partial charge in [0.1, 0.15) is 5.75 Å². The van der Waals surface area contributed by atoms with Crippen LogP contribution in [0.3, 0.4) is 0 Å². The third-order valence-corrected chi connectivity index (χ3v) is 5.04. The molecule has 1 heterocycles. The molecule has 2 aromatic carbocycles. The van der Waals surface area contributed by atoms with Crippen LogP contribution in [-0.4, -0.2) is 43.1 Å². The van der Waals surface area contributed by atoms with E-state index in [0.29, 0.717) is 0 Å². The van der Waals surface area contributed by atoms with E-state index in [2.05, 4.69) is 0 Å². The quantitative estimate of drug-likeness (QED) is 0.575. The van der Waals surface area contributed by atoms with E-state index in [1.807, 2.05) is 41.3 Å². The van der Waals surface area contributed by atoms with Crippen molar-refractivity contribution in [2.45, 2.75) is 38.7 Å². The first-order chi connectivity index (χ1) is 13.6. The molecule has 5 nitrogen and oxygen atoms in total. The summed E-state index contributed by atoms with van der Waals surface area (Å²) in [6, 6.07) is 11.7. The number of nitrogens with zero attached hydrogens (tertiary/aromatic N) is 1. The van der Waals surface area contributed by atoms with Crippen LogP contribution < -0.4 is 4.74 Å². The van der Waals surface area contributed by atoms with Gasteiger partial charge in [-0.05, 0) is 60.4 Å². The summed E-state index contributed by atoms with van der Waals surface area (Å²) < 4.78 is 10.5. The maximum Gasteiger partial charge on any atom is 0.331 e. The molecule has 0 aromatic heterocycles. The summed E-state index contributed by atoms with van der Waals surface area (Å²) in [6.45, 7) is 3.14. The molecule has 3 rings (SSSR count). The molecule has 0 N–H and O–H groups in total. The van der Waals surface area contributed by atoms with E-state index in [1.54, 1.807) is 20.1 Å². The number of carbonyl (C=O) groups excluding carboxylic acids is 2. The minimum Gasteiger partial charge on any atom is -0.497 e. The highest BCUT2D eigenvalue weighted by Gasteiger charge is 2.23. The Bertz CT molecular complexity index is 866. The van der Waals surface area contributed by atoms with Crippen molar-refractivity contribution < 1.29 is 19.1 Å². The van der Waals surface area contributed by atoms with Gasteiger partial charge in [0.25, 0.3) is 5.91 Å². The second-order valence-electron chi connectivity index (χ2n) is 7.12. The normalized spacial score (nSPS) is 16.0. The Balaban J connectivity index is 1.59. The zero-order valence-corrected chi connectivity index (χ0v) is 16.5. The fraction of sp³-hybridized carbons (Fsp3) is 0.391. The number of methoxy groups -OCH3 is 1. The molecule has 1 aliphatic heterocycles. The molecule has 0 spiro atoms. The summed E-state index contributed by atoms with van der Waals surface area (Å²) in [4.78, 5) is 26.4. The average molecular weight is 381 g/mol. The molecule has 5 heteroatoms. The van der Waals surface area contributed by atoms with Crippen molar-refractivity contribution in [3.63, 3.8) is 0 Å². The SMILES string of the molecule is COc1ccc2cc(/C=C/C(=O)O[C@H](C)C(=O)N3CCCCCC3)ccc2c1. The lowest BCUT2D eigenvalue weighted by atomic mass is 10.1. The van der Waals surface area contributed by atoms with Crippen LogP contribution in [0.1, 0.15) is 38.2 Å². The van der Waals surface area contributed by atoms with Crippen LogP contribution >= 0.6 is 0 Å². The van der Waals surface area contributed by atoms with E-state index in [0.717, 1.165) is 60.9 Å². The van der Waals surface area contributed by atoms with Crippen molar-refractivity contribution in [3.05, 3.63) is 48.0 Å². The van der Waals surface area contributed by atoms with Crippen LogP contribution in [0.2, 0.25) is 0 Å². The Morgan fingerprint density at radius 2 is 1.68 bits per heavy atom. The fourth-order valence-corrected chi connectivity index (χ4v) is 3.45. The molecule has 0 unspecified atom stereocenters. The molecule has 148 valence electrons. The van der Waals surface area contributed by atoms with Crippen molar-refractivity contribution in [2.75, 3.05) is 20.2 Å². The predicted octanol–water partition coefficient (Wildman–Crippen LogP) is 4.20. The highest BCUT2D eigenvalue weighted by atomic mass is 16.5. The third kappa shape index (κ3) is 5.12. The highest BCUT2D eigenvalue weighted by molar-refractivity contribution is 5.92. The minimum atomic E-state index is -0.765. The van der Waals surface area contributed by atoms with Gasteiger partial charge in [0.15, 0.2) is 6.10 Å². The molecule has 1 amide bonds. The van der Waals surface area contributed by atoms with Crippen LogP contribution in [0.15, 0.2) is 42.5 Å². The number of ether oxygens (including phenoxy) is 2. The smallest absolute Gasteiger partial charge is 0.331 e. The van der Waals surface area contributed by atoms with Crippen molar-refractivity contribution in [2.24, 2.45) is 0 Å². The Hall–Kier alpha value is -2.82. The molecule has 0 aliphatic carbocycles. The number of fused-ring (bicyclic) bond motifs is 1. The van der Waals surface area contributed by atoms with Gasteiger partial charge in [-0.2, -0.15) is 0 Å². The standard InChI is InChI=1S/C23H27NO4/c1-17(23(26)24-13-5-3-4-6-14-24)28-22(25)12-8-18-7-9-20-16-21(27-2)11-10-19(20)15-18/h7-12,15-17H,3-6,13-14H2,1-2H3/b12-8+/t17-/m1/s1. The lowest BCUT2D eigenvalue weighted by Gasteiger charge is -2.23. The van der Waals surface area contributed by atoms with Crippen molar-refractivity contribution in [3.8, 4) is 5.75 Å². The van der Waals surface area contributed by atoms with Crippen LogP contribution in [0.25, 0.3) is 16.8 Å². The number of hydrogen-bond acceptors (Lipinski definition) is 4. The van der Waals surface area contributed by atoms with Gasteiger partial charge in [0, 0.05) is 19.2 Å². The number of likely N-dealkylation sites (tertiary alicyclic amines) is 1. The minimum absolute atomic E-state index is 0.108. The predicted molar refractivity (Wildman–Crippen MR) is 110 cm³/mol. The average Bonchev–Trinajstić information content (AvgIpc) is 3.00. The van der Waals surface area contributed by atoms with Crippen LogP contribution in [-0.2, 0) is 14.3 Å². The van der Waals surface area contributed by atoms with Crippen molar-refractivity contribution >= 4 is 28.7 Å². The van der Waals surface area contributed by atoms with Crippen LogP contribution in [0.5, 0.6) is 5.75 Å². The van der Waals surface area contributed by atoms with E-state index < -0.39 is 12.1 Å². The summed E-state index contributed by atoms with van der Waals surface area (Å²) >= 11 is 0. The summed E-state index contributed by atoms with van der Waals surface area (Å²) in [5.74, 6) is 0.191. The molecule has 1 fully saturated rings. The third-order valence-electron chi connectivity index (χ3n) is 5.04. The molecule has 1 atom stereocenters. The zero-order chi connectivity index (χ0) is 19.9. The lowest BCUT2D eigenvalue weighted by molar-refractivity contribution is -0.155. The summed E-state index contributed by atoms with van der Waals surface area (Å²) in [5, 5.41) is 2.12. The Labute approximate surface area is 165 Å². The van der Waals surface area contributed by atoms with Gasteiger partial charge >= 0.3 is 5.97 Å². The van der Waals surface area contributed by atoms with E-state index in [4.69, 9.17) is 9.47 Å². The van der Waals surface area contributed by atoms with Crippen molar-refractivity contribution in [1.29, 1.82) is 0 Å². The molecule has 0 bridgehead atoms. The Morgan fingerprint density at radius 3 is 2.39 bits per heavy atom. The largest absolute Gasteiger partial charge is 0.497 e. The Kier molecular flexibility index (Phi) is 6.69. The molecular weight excluding hydrogens is 354 g/mol. The number of esters is 1. The maximum atomic E-state index is 12.5. The van der Waals surface area contributed by atoms with Gasteiger partial charge in [-0.25, -0.2) is 4.79 Å². The summed E-state index contributed by atoms with van der Waals surface area (Å²) in [6.07, 6.45) is 6.64. The summed E-state index contributed by atoms with van der Waals surface area (Å²) in [5.41, 5.74) is 0.890. The van der Waals surface area contributed by atoms with E-state index in [9.17, 15) is 9.59 Å². The second-order valence-corrected chi connectivity index (χ2v) is 7.12. The molecule has 1 aliphatic rings. The topological polar surface area (TPSA) is 55.8 Å². The molecule has 1 saturated heterocycles. The number of rotatable bonds is 5. The second kappa shape index (κ2) is 9.40. The van der Waals surface area contributed by atoms with Gasteiger partial charge in [0.05, 0.1) is 7.11 Å². The van der Waals surface area contributed by atoms with Gasteiger partial charge in [-0.3, -0.25) is 4.79 Å². The summed E-state index contributed by atoms with van der Waals surface area (Å²) in [7, 11) is 1.64. The monoisotopic (exact) mass is 381 g/mol. The number of benzene rings is 2. The molecule has 0 saturated carbocycles. The van der Waals surface area contributed by atoms with Crippen LogP contribution in [0.4, 0.5) is 0 Å². The molecular formula is C23H27NO4. The van der Waals surface area contributed by atoms with Gasteiger partial charge < -0.3 is 14.4 Å². The maximum absolute atomic E-state index is 12.5. The Morgan fingerprint density at radius 1 is 1.00 bits per heavy atom. The molecule has 0 radical (unpaired) electrons. The van der Waals surface area contributed by atoms with E-state index >= 15 is 0 Å². The first-order valence-corrected chi connectivity index (χ1v) is 9.82. The zero-order valence-electron chi connectivity index (χ0n) is 16.5. The van der Waals surface area contributed by atoms with Gasteiger partial charge in [-0.1, -0.05) is 31.0 Å². The van der Waals surface area contributed by atoms with Gasteiger partial charge in [-0.15, -0.1) is 0 Å². The van der Waals surface area contributed by atoms with Crippen molar-refractivity contribution in [1.82, 2.24) is 4.90 Å². The molecule has 2 aromatic rings. The first-order valence-electron chi connectivity index (χ1n) is 9.82. The fourth-order valence-electron chi connectivity index (χ4n) is 3.45.